The fraction of sp³-hybridized carbons (Fsp3) is 0.227. The molecular formula is C22H18Cl2F2N2O5. The first-order chi connectivity index (χ1) is 15.6. The van der Waals surface area contributed by atoms with Gasteiger partial charge in [-0.3, -0.25) is 14.4 Å². The minimum Gasteiger partial charge on any atom is -0.484 e. The summed E-state index contributed by atoms with van der Waals surface area (Å²) in [5.41, 5.74) is 0.139. The second-order valence-corrected chi connectivity index (χ2v) is 7.87. The van der Waals surface area contributed by atoms with Gasteiger partial charge in [0.15, 0.2) is 30.1 Å². The molecule has 174 valence electrons. The Labute approximate surface area is 197 Å². The summed E-state index contributed by atoms with van der Waals surface area (Å²) in [6.45, 7) is 3.59. The standard InChI is InChI=1S/C22H18Cl2F2N2O5/c1-11(4-5-27-21(30)10-32-12-2-3-14(23)15(24)6-12)28-22(31)20-9-18(29)13-7-16(25)17(26)8-19(13)33-20/h2-3,6-8,20H,1,4-5,9-10H2,(H,27,30)(H,28,31)/t20-/m1/s1. The van der Waals surface area contributed by atoms with Crippen LogP contribution in [0.4, 0.5) is 8.78 Å². The summed E-state index contributed by atoms with van der Waals surface area (Å²) in [5, 5.41) is 5.74. The molecule has 0 fully saturated rings. The maximum atomic E-state index is 13.4. The van der Waals surface area contributed by atoms with E-state index in [4.69, 9.17) is 32.7 Å². The Morgan fingerprint density at radius 1 is 1.15 bits per heavy atom. The Kier molecular flexibility index (Phi) is 7.88. The van der Waals surface area contributed by atoms with Gasteiger partial charge >= 0.3 is 0 Å². The van der Waals surface area contributed by atoms with E-state index >= 15 is 0 Å². The molecule has 0 spiro atoms. The maximum absolute atomic E-state index is 13.4. The smallest absolute Gasteiger partial charge is 0.265 e. The van der Waals surface area contributed by atoms with Gasteiger partial charge in [-0.2, -0.15) is 0 Å². The Bertz CT molecular complexity index is 1130. The summed E-state index contributed by atoms with van der Waals surface area (Å²) >= 11 is 11.7. The van der Waals surface area contributed by atoms with E-state index in [9.17, 15) is 23.2 Å². The Morgan fingerprint density at radius 2 is 1.88 bits per heavy atom. The molecule has 0 saturated carbocycles. The van der Waals surface area contributed by atoms with Gasteiger partial charge in [0.05, 0.1) is 22.0 Å². The lowest BCUT2D eigenvalue weighted by molar-refractivity contribution is -0.127. The number of carbonyl (C=O) groups excluding carboxylic acids is 3. The van der Waals surface area contributed by atoms with E-state index in [1.54, 1.807) is 12.1 Å². The molecule has 1 aliphatic heterocycles. The van der Waals surface area contributed by atoms with Crippen LogP contribution in [0.2, 0.25) is 10.0 Å². The fourth-order valence-electron chi connectivity index (χ4n) is 2.90. The van der Waals surface area contributed by atoms with Gasteiger partial charge in [-0.15, -0.1) is 0 Å². The van der Waals surface area contributed by atoms with E-state index in [2.05, 4.69) is 17.2 Å². The molecule has 33 heavy (non-hydrogen) atoms. The molecule has 0 aromatic heterocycles. The summed E-state index contributed by atoms with van der Waals surface area (Å²) < 4.78 is 37.4. The van der Waals surface area contributed by atoms with Crippen molar-refractivity contribution in [3.8, 4) is 11.5 Å². The number of hydrogen-bond acceptors (Lipinski definition) is 5. The third kappa shape index (κ3) is 6.43. The molecule has 3 rings (SSSR count). The van der Waals surface area contributed by atoms with Crippen LogP contribution in [0.1, 0.15) is 23.2 Å². The SMILES string of the molecule is C=C(CCNC(=O)COc1ccc(Cl)c(Cl)c1)NC(=O)[C@H]1CC(=O)c2cc(F)c(F)cc2O1. The van der Waals surface area contributed by atoms with Crippen LogP contribution in [-0.2, 0) is 9.59 Å². The highest BCUT2D eigenvalue weighted by molar-refractivity contribution is 6.42. The number of rotatable bonds is 8. The Hall–Kier alpha value is -3.17. The van der Waals surface area contributed by atoms with Crippen molar-refractivity contribution >= 4 is 40.8 Å². The highest BCUT2D eigenvalue weighted by atomic mass is 35.5. The number of ketones is 1. The number of carbonyl (C=O) groups is 3. The first-order valence-corrected chi connectivity index (χ1v) is 10.4. The van der Waals surface area contributed by atoms with Gasteiger partial charge in [-0.05, 0) is 18.2 Å². The van der Waals surface area contributed by atoms with Crippen molar-refractivity contribution in [1.29, 1.82) is 0 Å². The van der Waals surface area contributed by atoms with Crippen LogP contribution in [0.5, 0.6) is 11.5 Å². The number of halogens is 4. The van der Waals surface area contributed by atoms with E-state index in [1.165, 1.54) is 6.07 Å². The molecule has 1 heterocycles. The molecule has 0 unspecified atom stereocenters. The van der Waals surface area contributed by atoms with E-state index in [0.29, 0.717) is 15.8 Å². The van der Waals surface area contributed by atoms with Gasteiger partial charge in [0.2, 0.25) is 0 Å². The van der Waals surface area contributed by atoms with Gasteiger partial charge in [0.25, 0.3) is 11.8 Å². The van der Waals surface area contributed by atoms with Gasteiger partial charge in [-0.1, -0.05) is 29.8 Å². The molecule has 7 nitrogen and oxygen atoms in total. The zero-order valence-electron chi connectivity index (χ0n) is 17.1. The van der Waals surface area contributed by atoms with E-state index < -0.39 is 35.3 Å². The van der Waals surface area contributed by atoms with Crippen LogP contribution in [0, 0.1) is 11.6 Å². The molecule has 0 saturated heterocycles. The minimum absolute atomic E-state index is 0.123. The molecule has 1 atom stereocenters. The minimum atomic E-state index is -1.22. The molecule has 2 aromatic carbocycles. The second kappa shape index (κ2) is 10.6. The highest BCUT2D eigenvalue weighted by Crippen LogP contribution is 2.30. The second-order valence-electron chi connectivity index (χ2n) is 7.05. The number of hydrogen-bond donors (Lipinski definition) is 2. The molecule has 2 aromatic rings. The largest absolute Gasteiger partial charge is 0.484 e. The molecule has 0 aliphatic carbocycles. The first kappa shape index (κ1) is 24.5. The average molecular weight is 499 g/mol. The normalized spacial score (nSPS) is 14.7. The topological polar surface area (TPSA) is 93.7 Å². The lowest BCUT2D eigenvalue weighted by Gasteiger charge is -2.24. The highest BCUT2D eigenvalue weighted by Gasteiger charge is 2.32. The van der Waals surface area contributed by atoms with Crippen molar-refractivity contribution in [1.82, 2.24) is 10.6 Å². The predicted octanol–water partition coefficient (Wildman–Crippen LogP) is 3.82. The zero-order chi connectivity index (χ0) is 24.1. The molecule has 1 aliphatic rings. The summed E-state index contributed by atoms with van der Waals surface area (Å²) in [5.74, 6) is -3.81. The number of benzene rings is 2. The van der Waals surface area contributed by atoms with E-state index in [0.717, 1.165) is 12.1 Å². The average Bonchev–Trinajstić information content (AvgIpc) is 2.75. The number of nitrogens with one attached hydrogen (secondary N) is 2. The summed E-state index contributed by atoms with van der Waals surface area (Å²) in [6.07, 6.45) is -1.36. The van der Waals surface area contributed by atoms with E-state index in [1.807, 2.05) is 0 Å². The van der Waals surface area contributed by atoms with Crippen LogP contribution in [0.3, 0.4) is 0 Å². The molecule has 0 bridgehead atoms. The van der Waals surface area contributed by atoms with Crippen molar-refractivity contribution in [2.75, 3.05) is 13.2 Å². The van der Waals surface area contributed by atoms with Crippen molar-refractivity contribution in [2.45, 2.75) is 18.9 Å². The van der Waals surface area contributed by atoms with Gasteiger partial charge in [0, 0.05) is 30.8 Å². The molecule has 2 amide bonds. The molecular weight excluding hydrogens is 481 g/mol. The predicted molar refractivity (Wildman–Crippen MR) is 117 cm³/mol. The van der Waals surface area contributed by atoms with Crippen molar-refractivity contribution in [3.63, 3.8) is 0 Å². The lowest BCUT2D eigenvalue weighted by atomic mass is 10.00. The van der Waals surface area contributed by atoms with Crippen molar-refractivity contribution in [3.05, 3.63) is 69.9 Å². The van der Waals surface area contributed by atoms with Gasteiger partial charge in [-0.25, -0.2) is 8.78 Å². The van der Waals surface area contributed by atoms with Crippen molar-refractivity contribution < 1.29 is 32.6 Å². The zero-order valence-corrected chi connectivity index (χ0v) is 18.6. The number of fused-ring (bicyclic) bond motifs is 1. The van der Waals surface area contributed by atoms with Crippen LogP contribution in [-0.4, -0.2) is 36.9 Å². The maximum Gasteiger partial charge on any atom is 0.265 e. The van der Waals surface area contributed by atoms with Crippen LogP contribution < -0.4 is 20.1 Å². The quantitative estimate of drug-likeness (QED) is 0.576. The Balaban J connectivity index is 1.41. The third-order valence-electron chi connectivity index (χ3n) is 4.57. The van der Waals surface area contributed by atoms with E-state index in [-0.39, 0.29) is 43.0 Å². The third-order valence-corrected chi connectivity index (χ3v) is 5.30. The molecule has 11 heteroatoms. The van der Waals surface area contributed by atoms with Gasteiger partial charge < -0.3 is 20.1 Å². The van der Waals surface area contributed by atoms with Gasteiger partial charge in [0.1, 0.15) is 11.5 Å². The molecule has 2 N–H and O–H groups in total. The monoisotopic (exact) mass is 498 g/mol. The van der Waals surface area contributed by atoms with Crippen molar-refractivity contribution in [2.24, 2.45) is 0 Å². The summed E-state index contributed by atoms with van der Waals surface area (Å²) in [7, 11) is 0. The number of ether oxygens (including phenoxy) is 2. The van der Waals surface area contributed by atoms with Crippen LogP contribution >= 0.6 is 23.2 Å². The van der Waals surface area contributed by atoms with Crippen LogP contribution in [0.25, 0.3) is 0 Å². The summed E-state index contributed by atoms with van der Waals surface area (Å²) in [4.78, 5) is 36.4. The lowest BCUT2D eigenvalue weighted by Crippen LogP contribution is -2.42. The number of Topliss-reactive ketones (excluding diaryl/α,β-unsaturated/α-hetero) is 1. The number of amides is 2. The fourth-order valence-corrected chi connectivity index (χ4v) is 3.19. The van der Waals surface area contributed by atoms with Crippen LogP contribution in [0.15, 0.2) is 42.6 Å². The summed E-state index contributed by atoms with van der Waals surface area (Å²) in [6, 6.07) is 6.07. The molecule has 0 radical (unpaired) electrons. The Morgan fingerprint density at radius 3 is 2.61 bits per heavy atom. The first-order valence-electron chi connectivity index (χ1n) is 9.66.